The number of ether oxygens (including phenoxy) is 2. The van der Waals surface area contributed by atoms with E-state index in [1.165, 1.54) is 6.92 Å². The largest absolute Gasteiger partial charge is 0.462 e. The van der Waals surface area contributed by atoms with Crippen LogP contribution in [0.5, 0.6) is 0 Å². The van der Waals surface area contributed by atoms with Crippen molar-refractivity contribution in [3.63, 3.8) is 0 Å². The van der Waals surface area contributed by atoms with Crippen LogP contribution in [0.1, 0.15) is 110 Å². The quantitative estimate of drug-likeness (QED) is 0.182. The van der Waals surface area contributed by atoms with Crippen molar-refractivity contribution < 1.29 is 29.3 Å². The van der Waals surface area contributed by atoms with Crippen molar-refractivity contribution in [1.29, 1.82) is 0 Å². The molecule has 292 valence electrons. The Kier molecular flexibility index (Phi) is 16.4. The number of aliphatic imine (C=N–C) groups is 1. The van der Waals surface area contributed by atoms with Gasteiger partial charge in [-0.05, 0) is 100 Å². The molecule has 12 nitrogen and oxygen atoms in total. The van der Waals surface area contributed by atoms with E-state index in [1.807, 2.05) is 15.7 Å². The number of guanidine groups is 1. The number of aliphatic hydroxyl groups is 2. The number of hydrogen-bond acceptors (Lipinski definition) is 13. The van der Waals surface area contributed by atoms with Crippen molar-refractivity contribution in [3.8, 4) is 0 Å². The summed E-state index contributed by atoms with van der Waals surface area (Å²) in [5.74, 6) is 2.75. The fourth-order valence-corrected chi connectivity index (χ4v) is 11.5. The second kappa shape index (κ2) is 20.4. The molecule has 5 rings (SSSR count). The summed E-state index contributed by atoms with van der Waals surface area (Å²) in [5.41, 5.74) is 12.4. The van der Waals surface area contributed by atoms with E-state index >= 15 is 0 Å². The summed E-state index contributed by atoms with van der Waals surface area (Å²) in [4.78, 5) is 32.5. The first-order chi connectivity index (χ1) is 24.6. The minimum Gasteiger partial charge on any atom is -0.462 e. The number of amides is 1. The van der Waals surface area contributed by atoms with Gasteiger partial charge in [-0.25, -0.2) is 4.99 Å². The number of carbonyl (C=O) groups is 2. The van der Waals surface area contributed by atoms with Crippen molar-refractivity contribution in [2.45, 2.75) is 140 Å². The second-order valence-electron chi connectivity index (χ2n) is 16.2. The van der Waals surface area contributed by atoms with Crippen molar-refractivity contribution in [2.75, 3.05) is 44.4 Å². The molecular weight excluding hydrogens is 689 g/mol. The van der Waals surface area contributed by atoms with E-state index in [9.17, 15) is 19.8 Å². The van der Waals surface area contributed by atoms with Crippen molar-refractivity contribution in [1.82, 2.24) is 15.5 Å². The third kappa shape index (κ3) is 12.6. The maximum atomic E-state index is 13.9. The Balaban J connectivity index is 1.32. The number of nitrogens with zero attached hydrogens (tertiary/aromatic N) is 2. The van der Waals surface area contributed by atoms with E-state index in [-0.39, 0.29) is 53.4 Å². The summed E-state index contributed by atoms with van der Waals surface area (Å²) >= 11 is 0. The number of rotatable bonds is 3. The zero-order chi connectivity index (χ0) is 36.2. The predicted octanol–water partition coefficient (Wildman–Crippen LogP) is 3.73. The van der Waals surface area contributed by atoms with Crippen molar-refractivity contribution >= 4 is 39.4 Å². The van der Waals surface area contributed by atoms with Crippen LogP contribution in [-0.2, 0) is 19.1 Å². The maximum absolute atomic E-state index is 13.9. The Hall–Kier alpha value is -1.29. The molecule has 1 aliphatic carbocycles. The fraction of sp³-hybridized carbons (Fsp3) is 0.919. The molecule has 4 aliphatic heterocycles. The number of nitrogens with two attached hydrogens (primary N) is 2. The molecule has 10 unspecified atom stereocenters. The van der Waals surface area contributed by atoms with Crippen LogP contribution in [0.4, 0.5) is 0 Å². The number of aliphatic hydroxyl groups excluding tert-OH is 2. The number of esters is 1. The van der Waals surface area contributed by atoms with E-state index < -0.39 is 12.2 Å². The average Bonchev–Trinajstić information content (AvgIpc) is 3.39. The summed E-state index contributed by atoms with van der Waals surface area (Å²) in [7, 11) is 3.51. The summed E-state index contributed by atoms with van der Waals surface area (Å²) < 4.78 is 12.0. The van der Waals surface area contributed by atoms with Crippen LogP contribution in [0, 0.1) is 29.1 Å². The first kappa shape index (κ1) is 40.9. The lowest BCUT2D eigenvalue weighted by Crippen LogP contribution is -2.54. The van der Waals surface area contributed by atoms with E-state index in [4.69, 9.17) is 20.9 Å². The molecule has 4 heterocycles. The van der Waals surface area contributed by atoms with Gasteiger partial charge in [0.05, 0.1) is 30.4 Å². The van der Waals surface area contributed by atoms with Gasteiger partial charge in [-0.1, -0.05) is 40.9 Å². The molecule has 1 amide bonds. The van der Waals surface area contributed by atoms with Gasteiger partial charge >= 0.3 is 5.97 Å². The van der Waals surface area contributed by atoms with Crippen LogP contribution in [-0.4, -0.2) is 108 Å². The van der Waals surface area contributed by atoms with E-state index in [0.717, 1.165) is 89.3 Å². The molecule has 1 saturated carbocycles. The highest BCUT2D eigenvalue weighted by atomic mass is 33.1. The van der Waals surface area contributed by atoms with Crippen LogP contribution in [0.2, 0.25) is 0 Å². The maximum Gasteiger partial charge on any atom is 0.302 e. The van der Waals surface area contributed by atoms with Gasteiger partial charge in [0.25, 0.3) is 0 Å². The van der Waals surface area contributed by atoms with Crippen LogP contribution in [0.15, 0.2) is 4.99 Å². The first-order valence-corrected chi connectivity index (χ1v) is 22.3. The molecule has 0 aromatic carbocycles. The number of fused-ring (bicyclic) bond motifs is 6. The normalized spacial score (nSPS) is 38.9. The van der Waals surface area contributed by atoms with Crippen LogP contribution < -0.4 is 22.1 Å². The first-order valence-electron chi connectivity index (χ1n) is 19.8. The molecule has 10 atom stereocenters. The summed E-state index contributed by atoms with van der Waals surface area (Å²) in [6.45, 7) is 4.79. The number of hydrogen-bond donors (Lipinski definition) is 6. The third-order valence-electron chi connectivity index (χ3n) is 12.1. The molecule has 0 spiro atoms. The van der Waals surface area contributed by atoms with Crippen LogP contribution in [0.3, 0.4) is 0 Å². The SMILES string of the molecule is CC(=O)OC1CCC2CC(CN3CC(CC4CCNC(N)C4)(CCNC(N)=NCSSCCCCCCC(O)C1)CC3=O)C(O)C1OCCCC21. The minimum atomic E-state index is -0.636. The molecule has 0 aromatic rings. The second-order valence-corrected chi connectivity index (χ2v) is 18.7. The van der Waals surface area contributed by atoms with Gasteiger partial charge in [0, 0.05) is 57.7 Å². The van der Waals surface area contributed by atoms with Gasteiger partial charge < -0.3 is 46.7 Å². The lowest BCUT2D eigenvalue weighted by molar-refractivity contribution is -0.162. The van der Waals surface area contributed by atoms with Gasteiger partial charge in [-0.2, -0.15) is 0 Å². The molecule has 4 bridgehead atoms. The highest BCUT2D eigenvalue weighted by Crippen LogP contribution is 2.46. The van der Waals surface area contributed by atoms with Gasteiger partial charge in [0.2, 0.25) is 5.91 Å². The van der Waals surface area contributed by atoms with E-state index in [1.54, 1.807) is 10.8 Å². The predicted molar refractivity (Wildman–Crippen MR) is 205 cm³/mol. The van der Waals surface area contributed by atoms with Gasteiger partial charge in [-0.15, -0.1) is 0 Å². The molecule has 8 N–H and O–H groups in total. The third-order valence-corrected chi connectivity index (χ3v) is 14.3. The molecule has 51 heavy (non-hydrogen) atoms. The molecule has 0 radical (unpaired) electrons. The Bertz CT molecular complexity index is 1140. The smallest absolute Gasteiger partial charge is 0.302 e. The monoisotopic (exact) mass is 754 g/mol. The Labute approximate surface area is 313 Å². The number of carbonyl (C=O) groups excluding carboxylic acids is 2. The van der Waals surface area contributed by atoms with E-state index in [0.29, 0.717) is 69.7 Å². The Morgan fingerprint density at radius 3 is 2.71 bits per heavy atom. The fourth-order valence-electron chi connectivity index (χ4n) is 9.72. The lowest BCUT2D eigenvalue weighted by atomic mass is 9.66. The number of nitrogens with one attached hydrogen (secondary N) is 2. The lowest BCUT2D eigenvalue weighted by Gasteiger charge is -2.48. The van der Waals surface area contributed by atoms with E-state index in [2.05, 4.69) is 15.6 Å². The average molecular weight is 755 g/mol. The van der Waals surface area contributed by atoms with Crippen LogP contribution >= 0.6 is 21.6 Å². The van der Waals surface area contributed by atoms with Gasteiger partial charge in [0.15, 0.2) is 5.96 Å². The molecular formula is C37H66N6O6S2. The van der Waals surface area contributed by atoms with Gasteiger partial charge in [0.1, 0.15) is 6.10 Å². The zero-order valence-electron chi connectivity index (χ0n) is 30.9. The molecule has 0 aromatic heterocycles. The summed E-state index contributed by atoms with van der Waals surface area (Å²) in [6, 6.07) is 0. The van der Waals surface area contributed by atoms with Crippen LogP contribution in [0.25, 0.3) is 0 Å². The molecule has 4 fully saturated rings. The highest BCUT2D eigenvalue weighted by Gasteiger charge is 2.49. The minimum absolute atomic E-state index is 0.0189. The molecule has 3 saturated heterocycles. The molecule has 14 heteroatoms. The van der Waals surface area contributed by atoms with Crippen molar-refractivity contribution in [3.05, 3.63) is 0 Å². The summed E-state index contributed by atoms with van der Waals surface area (Å²) in [6.07, 6.45) is 12.1. The van der Waals surface area contributed by atoms with Crippen molar-refractivity contribution in [2.24, 2.45) is 45.5 Å². The highest BCUT2D eigenvalue weighted by molar-refractivity contribution is 8.76. The Morgan fingerprint density at radius 1 is 1.04 bits per heavy atom. The summed E-state index contributed by atoms with van der Waals surface area (Å²) in [5, 5.41) is 29.4. The topological polar surface area (TPSA) is 185 Å². The van der Waals surface area contributed by atoms with Gasteiger partial charge in [-0.3, -0.25) is 9.59 Å². The Morgan fingerprint density at radius 2 is 1.88 bits per heavy atom. The number of piperidine rings is 1. The zero-order valence-corrected chi connectivity index (χ0v) is 32.5. The molecule has 5 aliphatic rings. The standard InChI is InChI=1S/C37H66N6O6S2/c1-25(44)49-30-10-9-27-18-28(34(47)35-31(27)8-6-15-48-35)22-43-23-37(21-33(43)46,20-26-11-13-40-32(38)17-26)12-14-41-36(39)42-24-51-50-16-5-3-2-4-7-29(45)19-30/h26-32,34-35,40,45,47H,2-24,38H2,1H3,(H3,39,41,42).